The SMILES string of the molecule is CCCN(CCC)C(=O)CN(CCNC(=S)S)C(=S)S. The highest BCUT2D eigenvalue weighted by Gasteiger charge is 2.16. The summed E-state index contributed by atoms with van der Waals surface area (Å²) in [5.74, 6) is 0.0820. The number of hydrogen-bond donors (Lipinski definition) is 3. The maximum absolute atomic E-state index is 12.3. The van der Waals surface area contributed by atoms with Gasteiger partial charge in [0.15, 0.2) is 0 Å². The van der Waals surface area contributed by atoms with Crippen molar-refractivity contribution in [2.24, 2.45) is 0 Å². The molecule has 8 heteroatoms. The van der Waals surface area contributed by atoms with E-state index in [0.717, 1.165) is 25.9 Å². The third kappa shape index (κ3) is 8.99. The van der Waals surface area contributed by atoms with E-state index in [-0.39, 0.29) is 12.5 Å². The zero-order valence-electron chi connectivity index (χ0n) is 12.0. The number of thiol groups is 2. The average Bonchev–Trinajstić information content (AvgIpc) is 2.36. The number of carbonyl (C=O) groups excluding carboxylic acids is 1. The lowest BCUT2D eigenvalue weighted by atomic mass is 10.3. The fourth-order valence-corrected chi connectivity index (χ4v) is 2.24. The van der Waals surface area contributed by atoms with Crippen LogP contribution in [0.5, 0.6) is 0 Å². The third-order valence-corrected chi connectivity index (χ3v) is 3.44. The van der Waals surface area contributed by atoms with Crippen molar-refractivity contribution in [1.82, 2.24) is 15.1 Å². The molecule has 0 spiro atoms. The fourth-order valence-electron chi connectivity index (χ4n) is 1.70. The summed E-state index contributed by atoms with van der Waals surface area (Å²) < 4.78 is 0.845. The van der Waals surface area contributed by atoms with Gasteiger partial charge in [-0.3, -0.25) is 4.79 Å². The molecule has 0 fully saturated rings. The van der Waals surface area contributed by atoms with Gasteiger partial charge >= 0.3 is 0 Å². The van der Waals surface area contributed by atoms with Crippen molar-refractivity contribution in [3.05, 3.63) is 0 Å². The zero-order valence-corrected chi connectivity index (χ0v) is 15.4. The number of nitrogens with one attached hydrogen (secondary N) is 1. The minimum atomic E-state index is 0.0820. The molecule has 0 unspecified atom stereocenters. The molecule has 0 bridgehead atoms. The van der Waals surface area contributed by atoms with E-state index in [0.29, 0.717) is 21.7 Å². The molecule has 0 atom stereocenters. The summed E-state index contributed by atoms with van der Waals surface area (Å²) in [7, 11) is 0. The molecule has 1 N–H and O–H groups in total. The Hall–Kier alpha value is -0.0500. The first kappa shape index (κ1) is 19.9. The maximum atomic E-state index is 12.3. The van der Waals surface area contributed by atoms with Gasteiger partial charge in [-0.2, -0.15) is 0 Å². The van der Waals surface area contributed by atoms with Crippen LogP contribution in [0.2, 0.25) is 0 Å². The second-order valence-electron chi connectivity index (χ2n) is 4.32. The maximum Gasteiger partial charge on any atom is 0.242 e. The van der Waals surface area contributed by atoms with Gasteiger partial charge in [-0.1, -0.05) is 38.3 Å². The molecular formula is C12H23N3OS4. The molecule has 0 aromatic heterocycles. The predicted octanol–water partition coefficient (Wildman–Crippen LogP) is 1.96. The van der Waals surface area contributed by atoms with Crippen molar-refractivity contribution in [2.75, 3.05) is 32.7 Å². The molecule has 0 rings (SSSR count). The van der Waals surface area contributed by atoms with E-state index in [1.807, 2.05) is 4.90 Å². The normalized spacial score (nSPS) is 10.0. The van der Waals surface area contributed by atoms with Crippen molar-refractivity contribution in [2.45, 2.75) is 26.7 Å². The van der Waals surface area contributed by atoms with Gasteiger partial charge in [-0.15, -0.1) is 25.3 Å². The van der Waals surface area contributed by atoms with E-state index in [2.05, 4.69) is 44.4 Å². The van der Waals surface area contributed by atoms with Crippen LogP contribution >= 0.6 is 49.7 Å². The van der Waals surface area contributed by atoms with Gasteiger partial charge in [0.1, 0.15) is 8.64 Å². The van der Waals surface area contributed by atoms with Gasteiger partial charge in [0.2, 0.25) is 5.91 Å². The van der Waals surface area contributed by atoms with Crippen LogP contribution < -0.4 is 5.32 Å². The van der Waals surface area contributed by atoms with E-state index < -0.39 is 0 Å². The number of nitrogens with zero attached hydrogens (tertiary/aromatic N) is 2. The smallest absolute Gasteiger partial charge is 0.242 e. The Kier molecular flexibility index (Phi) is 11.6. The first-order valence-corrected chi connectivity index (χ1v) is 8.35. The van der Waals surface area contributed by atoms with Crippen LogP contribution in [0.15, 0.2) is 0 Å². The van der Waals surface area contributed by atoms with Crippen molar-refractivity contribution >= 4 is 64.2 Å². The van der Waals surface area contributed by atoms with Crippen LogP contribution in [0.4, 0.5) is 0 Å². The van der Waals surface area contributed by atoms with Gasteiger partial charge in [0.05, 0.1) is 6.54 Å². The fraction of sp³-hybridized carbons (Fsp3) is 0.750. The van der Waals surface area contributed by atoms with Gasteiger partial charge in [-0.25, -0.2) is 0 Å². The number of carbonyl (C=O) groups is 1. The lowest BCUT2D eigenvalue weighted by Gasteiger charge is -2.27. The molecule has 4 nitrogen and oxygen atoms in total. The highest BCUT2D eigenvalue weighted by Crippen LogP contribution is 2.01. The Labute approximate surface area is 143 Å². The van der Waals surface area contributed by atoms with Crippen molar-refractivity contribution in [1.29, 1.82) is 0 Å². The Morgan fingerprint density at radius 1 is 1.05 bits per heavy atom. The summed E-state index contributed by atoms with van der Waals surface area (Å²) in [6.07, 6.45) is 1.90. The van der Waals surface area contributed by atoms with E-state index in [4.69, 9.17) is 24.4 Å². The molecule has 1 amide bonds. The minimum Gasteiger partial charge on any atom is -0.369 e. The highest BCUT2D eigenvalue weighted by molar-refractivity contribution is 8.11. The largest absolute Gasteiger partial charge is 0.369 e. The van der Waals surface area contributed by atoms with Crippen LogP contribution in [0.25, 0.3) is 0 Å². The summed E-state index contributed by atoms with van der Waals surface area (Å²) in [4.78, 5) is 15.9. The van der Waals surface area contributed by atoms with Crippen LogP contribution in [0.3, 0.4) is 0 Å². The molecule has 0 saturated carbocycles. The molecule has 0 radical (unpaired) electrons. The topological polar surface area (TPSA) is 35.6 Å². The van der Waals surface area contributed by atoms with Crippen LogP contribution in [-0.2, 0) is 4.79 Å². The van der Waals surface area contributed by atoms with E-state index in [9.17, 15) is 4.79 Å². The number of rotatable bonds is 9. The lowest BCUT2D eigenvalue weighted by Crippen LogP contribution is -2.44. The molecular weight excluding hydrogens is 330 g/mol. The molecule has 0 saturated heterocycles. The summed E-state index contributed by atoms with van der Waals surface area (Å²) in [6.45, 7) is 7.09. The number of thiocarbonyl (C=S) groups is 2. The summed E-state index contributed by atoms with van der Waals surface area (Å²) in [5, 5.41) is 2.92. The number of amides is 1. The van der Waals surface area contributed by atoms with E-state index in [1.165, 1.54) is 0 Å². The van der Waals surface area contributed by atoms with E-state index >= 15 is 0 Å². The highest BCUT2D eigenvalue weighted by atomic mass is 32.1. The average molecular weight is 354 g/mol. The van der Waals surface area contributed by atoms with Crippen LogP contribution in [-0.4, -0.2) is 57.1 Å². The minimum absolute atomic E-state index is 0.0820. The first-order valence-electron chi connectivity index (χ1n) is 6.64. The Morgan fingerprint density at radius 2 is 1.60 bits per heavy atom. The first-order chi connectivity index (χ1) is 9.42. The molecule has 116 valence electrons. The summed E-state index contributed by atoms with van der Waals surface area (Å²) in [6, 6.07) is 0. The Balaban J connectivity index is 4.43. The van der Waals surface area contributed by atoms with Gasteiger partial charge < -0.3 is 15.1 Å². The molecule has 0 aromatic carbocycles. The van der Waals surface area contributed by atoms with Crippen LogP contribution in [0, 0.1) is 0 Å². The quantitative estimate of drug-likeness (QED) is 0.436. The molecule has 0 aliphatic heterocycles. The van der Waals surface area contributed by atoms with Gasteiger partial charge in [-0.05, 0) is 12.8 Å². The standard InChI is InChI=1S/C12H23N3OS4/c1-3-6-14(7-4-2)10(16)9-15(12(19)20)8-5-13-11(17)18/h3-9H2,1-2H3,(H,19,20)(H2,13,17,18). The Bertz CT molecular complexity index is 333. The van der Waals surface area contributed by atoms with Gasteiger partial charge in [0.25, 0.3) is 0 Å². The summed E-state index contributed by atoms with van der Waals surface area (Å²) >= 11 is 18.0. The summed E-state index contributed by atoms with van der Waals surface area (Å²) in [5.41, 5.74) is 0. The van der Waals surface area contributed by atoms with Crippen molar-refractivity contribution < 1.29 is 4.79 Å². The monoisotopic (exact) mass is 353 g/mol. The van der Waals surface area contributed by atoms with Crippen molar-refractivity contribution in [3.63, 3.8) is 0 Å². The zero-order chi connectivity index (χ0) is 15.5. The molecule has 0 aliphatic rings. The second kappa shape index (κ2) is 11.6. The van der Waals surface area contributed by atoms with E-state index in [1.54, 1.807) is 4.90 Å². The Morgan fingerprint density at radius 3 is 2.00 bits per heavy atom. The van der Waals surface area contributed by atoms with Crippen LogP contribution in [0.1, 0.15) is 26.7 Å². The lowest BCUT2D eigenvalue weighted by molar-refractivity contribution is -0.131. The molecule has 0 heterocycles. The molecule has 0 aliphatic carbocycles. The van der Waals surface area contributed by atoms with Gasteiger partial charge in [0, 0.05) is 26.2 Å². The second-order valence-corrected chi connectivity index (χ2v) is 6.59. The molecule has 0 aromatic rings. The van der Waals surface area contributed by atoms with Crippen molar-refractivity contribution in [3.8, 4) is 0 Å². The number of hydrogen-bond acceptors (Lipinski definition) is 3. The molecule has 20 heavy (non-hydrogen) atoms. The third-order valence-electron chi connectivity index (χ3n) is 2.59. The predicted molar refractivity (Wildman–Crippen MR) is 99.9 cm³/mol.